The molecule has 6 aromatic rings. The number of aromatic nitrogens is 4. The highest BCUT2D eigenvalue weighted by atomic mass is 79.9. The number of anilines is 2. The molecule has 4 heterocycles. The number of halogens is 5. The first-order valence-corrected chi connectivity index (χ1v) is 19.1. The van der Waals surface area contributed by atoms with Crippen molar-refractivity contribution >= 4 is 66.3 Å². The summed E-state index contributed by atoms with van der Waals surface area (Å²) >= 11 is 6.88. The van der Waals surface area contributed by atoms with Crippen molar-refractivity contribution in [2.45, 2.75) is 64.2 Å². The molecule has 0 unspecified atom stereocenters. The fraction of sp³-hybridized carbons (Fsp3) is 0.282. The fourth-order valence-corrected chi connectivity index (χ4v) is 7.05. The van der Waals surface area contributed by atoms with E-state index in [2.05, 4.69) is 57.8 Å². The molecule has 2 aliphatic rings. The highest BCUT2D eigenvalue weighted by molar-refractivity contribution is 9.10. The predicted molar refractivity (Wildman–Crippen MR) is 211 cm³/mol. The minimum atomic E-state index is -4.22. The van der Waals surface area contributed by atoms with Crippen molar-refractivity contribution in [3.05, 3.63) is 105 Å². The summed E-state index contributed by atoms with van der Waals surface area (Å²) < 4.78 is 42.8. The molecular formula is C39H37Br2F3N8O2. The Morgan fingerprint density at radius 2 is 1.26 bits per heavy atom. The summed E-state index contributed by atoms with van der Waals surface area (Å²) in [6, 6.07) is 15.6. The molecule has 4 aromatic heterocycles. The minimum Gasteiger partial charge on any atom is -0.396 e. The van der Waals surface area contributed by atoms with Crippen molar-refractivity contribution in [1.29, 1.82) is 0 Å². The normalized spacial score (nSPS) is 14.1. The van der Waals surface area contributed by atoms with Crippen molar-refractivity contribution in [3.8, 4) is 22.5 Å². The van der Waals surface area contributed by atoms with Gasteiger partial charge in [-0.25, -0.2) is 9.97 Å². The standard InChI is InChI=1S/C21H20BrF3N4O.C18H17BrN4O/c1-12-8-13(2-5-16(12)20(30)28-15-3-4-15)18-10-27-19-17(9-14(22)11-29(18)19)26-7-6-21(23,24)25;1-10-6-11(2-5-14(10)18(24)22-13-3-4-13)16-8-21-17-15(20)7-12(19)9-23(16)17/h2,5,8-11,15,26H,3-4,6-7H2,1H3,(H,28,30);2,5-9,13H,3-4,20H2,1H3,(H,22,24). The molecule has 10 nitrogen and oxygen atoms in total. The van der Waals surface area contributed by atoms with Crippen LogP contribution in [0.15, 0.2) is 82.3 Å². The zero-order valence-electron chi connectivity index (χ0n) is 29.4. The summed E-state index contributed by atoms with van der Waals surface area (Å²) in [5.41, 5.74) is 15.1. The number of pyridine rings is 2. The molecule has 8 rings (SSSR count). The van der Waals surface area contributed by atoms with Gasteiger partial charge in [-0.1, -0.05) is 12.1 Å². The monoisotopic (exact) mass is 864 g/mol. The summed E-state index contributed by atoms with van der Waals surface area (Å²) in [5.74, 6) is -0.0646. The number of carbonyl (C=O) groups excluding carboxylic acids is 2. The van der Waals surface area contributed by atoms with Gasteiger partial charge >= 0.3 is 6.18 Å². The number of nitrogens with zero attached hydrogens (tertiary/aromatic N) is 4. The lowest BCUT2D eigenvalue weighted by Crippen LogP contribution is -2.26. The average Bonchev–Trinajstić information content (AvgIpc) is 4.01. The minimum absolute atomic E-state index is 0.00619. The Morgan fingerprint density at radius 1 is 0.778 bits per heavy atom. The molecule has 2 aliphatic carbocycles. The Morgan fingerprint density at radius 3 is 1.74 bits per heavy atom. The summed E-state index contributed by atoms with van der Waals surface area (Å²) in [5, 5.41) is 8.84. The first-order chi connectivity index (χ1) is 25.7. The number of aryl methyl sites for hydroxylation is 2. The zero-order valence-corrected chi connectivity index (χ0v) is 32.6. The van der Waals surface area contributed by atoms with Crippen LogP contribution >= 0.6 is 31.9 Å². The van der Waals surface area contributed by atoms with Gasteiger partial charge in [0.2, 0.25) is 0 Å². The SMILES string of the molecule is Cc1cc(-c2cnc3c(N)cc(Br)cn23)ccc1C(=O)NC1CC1.Cc1cc(-c2cnc3c(NCCC(F)(F)F)cc(Br)cn23)ccc1C(=O)NC1CC1. The van der Waals surface area contributed by atoms with Gasteiger partial charge in [0.25, 0.3) is 11.8 Å². The number of hydrogen-bond donors (Lipinski definition) is 4. The lowest BCUT2D eigenvalue weighted by atomic mass is 10.0. The van der Waals surface area contributed by atoms with Gasteiger partial charge in [0.1, 0.15) is 0 Å². The highest BCUT2D eigenvalue weighted by Crippen LogP contribution is 2.31. The number of rotatable bonds is 9. The summed E-state index contributed by atoms with van der Waals surface area (Å²) in [4.78, 5) is 33.4. The maximum atomic E-state index is 12.5. The Balaban J connectivity index is 0.000000171. The fourth-order valence-electron chi connectivity index (χ4n) is 6.17. The third-order valence-electron chi connectivity index (χ3n) is 9.26. The average molecular weight is 867 g/mol. The Kier molecular flexibility index (Phi) is 10.5. The molecule has 0 saturated heterocycles. The Labute approximate surface area is 326 Å². The van der Waals surface area contributed by atoms with Crippen LogP contribution in [0.5, 0.6) is 0 Å². The van der Waals surface area contributed by atoms with Gasteiger partial charge in [-0.3, -0.25) is 18.4 Å². The van der Waals surface area contributed by atoms with Gasteiger partial charge in [-0.15, -0.1) is 0 Å². The van der Waals surface area contributed by atoms with Crippen LogP contribution in [0.25, 0.3) is 33.8 Å². The molecule has 5 N–H and O–H groups in total. The van der Waals surface area contributed by atoms with Crippen LogP contribution in [-0.4, -0.2) is 55.4 Å². The van der Waals surface area contributed by atoms with E-state index in [9.17, 15) is 22.8 Å². The molecule has 54 heavy (non-hydrogen) atoms. The van der Waals surface area contributed by atoms with Gasteiger partial charge in [-0.2, -0.15) is 13.2 Å². The molecule has 0 atom stereocenters. The summed E-state index contributed by atoms with van der Waals surface area (Å²) in [6.07, 6.45) is 6.31. The van der Waals surface area contributed by atoms with Crippen LogP contribution in [0.4, 0.5) is 24.5 Å². The second-order valence-corrected chi connectivity index (χ2v) is 15.5. The first-order valence-electron chi connectivity index (χ1n) is 17.5. The van der Waals surface area contributed by atoms with Gasteiger partial charge in [0, 0.05) is 62.2 Å². The van der Waals surface area contributed by atoms with E-state index >= 15 is 0 Å². The van der Waals surface area contributed by atoms with Crippen LogP contribution in [0.3, 0.4) is 0 Å². The number of alkyl halides is 3. The number of amides is 2. The molecule has 2 fully saturated rings. The van der Waals surface area contributed by atoms with E-state index < -0.39 is 12.6 Å². The molecule has 2 saturated carbocycles. The van der Waals surface area contributed by atoms with Crippen molar-refractivity contribution in [1.82, 2.24) is 29.4 Å². The second kappa shape index (κ2) is 15.1. The number of nitrogen functional groups attached to an aromatic ring is 1. The number of nitrogens with two attached hydrogens (primary N) is 1. The van der Waals surface area contributed by atoms with E-state index in [0.29, 0.717) is 33.1 Å². The zero-order chi connectivity index (χ0) is 38.3. The first kappa shape index (κ1) is 37.4. The third kappa shape index (κ3) is 8.57. The van der Waals surface area contributed by atoms with Gasteiger partial charge in [0.15, 0.2) is 11.3 Å². The summed E-state index contributed by atoms with van der Waals surface area (Å²) in [7, 11) is 0. The van der Waals surface area contributed by atoms with Gasteiger partial charge in [-0.05, 0) is 119 Å². The van der Waals surface area contributed by atoms with E-state index in [-0.39, 0.29) is 24.4 Å². The molecule has 0 radical (unpaired) electrons. The maximum Gasteiger partial charge on any atom is 0.390 e. The second-order valence-electron chi connectivity index (χ2n) is 13.7. The number of hydrogen-bond acceptors (Lipinski definition) is 6. The number of imidazole rings is 2. The van der Waals surface area contributed by atoms with E-state index in [1.807, 2.05) is 71.4 Å². The molecule has 0 spiro atoms. The van der Waals surface area contributed by atoms with Gasteiger partial charge < -0.3 is 21.7 Å². The molecule has 2 aromatic carbocycles. The van der Waals surface area contributed by atoms with E-state index in [4.69, 9.17) is 5.73 Å². The molecule has 0 bridgehead atoms. The topological polar surface area (TPSA) is 131 Å². The van der Waals surface area contributed by atoms with Crippen LogP contribution in [-0.2, 0) is 0 Å². The van der Waals surface area contributed by atoms with Crippen molar-refractivity contribution in [3.63, 3.8) is 0 Å². The largest absolute Gasteiger partial charge is 0.396 e. The van der Waals surface area contributed by atoms with Crippen molar-refractivity contribution in [2.75, 3.05) is 17.6 Å². The molecule has 280 valence electrons. The molecule has 2 amide bonds. The van der Waals surface area contributed by atoms with E-state index in [1.165, 1.54) is 0 Å². The van der Waals surface area contributed by atoms with Crippen LogP contribution in [0.2, 0.25) is 0 Å². The van der Waals surface area contributed by atoms with E-state index in [1.54, 1.807) is 24.5 Å². The van der Waals surface area contributed by atoms with E-state index in [0.717, 1.165) is 75.0 Å². The predicted octanol–water partition coefficient (Wildman–Crippen LogP) is 8.88. The quantitative estimate of drug-likeness (QED) is 0.115. The highest BCUT2D eigenvalue weighted by Gasteiger charge is 2.27. The molecular weight excluding hydrogens is 829 g/mol. The summed E-state index contributed by atoms with van der Waals surface area (Å²) in [6.45, 7) is 3.61. The number of nitrogens with one attached hydrogen (secondary N) is 3. The van der Waals surface area contributed by atoms with Crippen molar-refractivity contribution < 1.29 is 22.8 Å². The van der Waals surface area contributed by atoms with Crippen LogP contribution in [0.1, 0.15) is 63.9 Å². The Bertz CT molecular complexity index is 2400. The van der Waals surface area contributed by atoms with Crippen molar-refractivity contribution in [2.24, 2.45) is 0 Å². The molecule has 15 heteroatoms. The lowest BCUT2D eigenvalue weighted by molar-refractivity contribution is -0.131. The Hall–Kier alpha value is -4.89. The number of benzene rings is 2. The van der Waals surface area contributed by atoms with Crippen LogP contribution in [0, 0.1) is 13.8 Å². The van der Waals surface area contributed by atoms with Crippen LogP contribution < -0.4 is 21.7 Å². The smallest absolute Gasteiger partial charge is 0.390 e. The van der Waals surface area contributed by atoms with Gasteiger partial charge in [0.05, 0.1) is 41.6 Å². The number of carbonyl (C=O) groups is 2. The lowest BCUT2D eigenvalue weighted by Gasteiger charge is -2.12. The number of fused-ring (bicyclic) bond motifs is 2. The third-order valence-corrected chi connectivity index (χ3v) is 10.1. The maximum absolute atomic E-state index is 12.5. The molecule has 0 aliphatic heterocycles.